The van der Waals surface area contributed by atoms with Crippen LogP contribution in [0.25, 0.3) is 11.2 Å². The quantitative estimate of drug-likeness (QED) is 0.602. The summed E-state index contributed by atoms with van der Waals surface area (Å²) in [4.78, 5) is 19.0. The molecule has 3 aromatic rings. The van der Waals surface area contributed by atoms with Gasteiger partial charge in [-0.1, -0.05) is 29.8 Å². The van der Waals surface area contributed by atoms with Crippen molar-refractivity contribution >= 4 is 44.7 Å². The van der Waals surface area contributed by atoms with Gasteiger partial charge in [0.2, 0.25) is 0 Å². The lowest BCUT2D eigenvalue weighted by Crippen LogP contribution is -2.41. The van der Waals surface area contributed by atoms with Gasteiger partial charge < -0.3 is 4.90 Å². The highest BCUT2D eigenvalue weighted by atomic mass is 79.9. The van der Waals surface area contributed by atoms with Gasteiger partial charge in [-0.3, -0.25) is 4.79 Å². The molecule has 0 radical (unpaired) electrons. The summed E-state index contributed by atoms with van der Waals surface area (Å²) in [5.41, 5.74) is 3.38. The third-order valence-electron chi connectivity index (χ3n) is 4.54. The molecule has 2 aromatic heterocycles. The van der Waals surface area contributed by atoms with Gasteiger partial charge in [0.15, 0.2) is 11.3 Å². The van der Waals surface area contributed by atoms with Crippen molar-refractivity contribution in [2.24, 2.45) is 0 Å². The molecule has 0 N–H and O–H groups in total. The van der Waals surface area contributed by atoms with E-state index in [0.717, 1.165) is 21.5 Å². The van der Waals surface area contributed by atoms with E-state index in [4.69, 9.17) is 11.6 Å². The lowest BCUT2D eigenvalue weighted by molar-refractivity contribution is 0.0705. The average Bonchev–Trinajstić information content (AvgIpc) is 3.04. The molecule has 1 aliphatic rings. The summed E-state index contributed by atoms with van der Waals surface area (Å²) in [6.07, 6.45) is 6.35. The van der Waals surface area contributed by atoms with E-state index in [1.165, 1.54) is 5.57 Å². The van der Waals surface area contributed by atoms with Gasteiger partial charge in [0.25, 0.3) is 5.91 Å². The number of rotatable bonds is 2. The Balaban J connectivity index is 1.58. The molecule has 0 saturated heterocycles. The zero-order chi connectivity index (χ0) is 18.3. The molecular formula is C19H16BrClN4O. The van der Waals surface area contributed by atoms with Gasteiger partial charge in [-0.15, -0.1) is 0 Å². The van der Waals surface area contributed by atoms with Crippen LogP contribution in [0.4, 0.5) is 0 Å². The monoisotopic (exact) mass is 430 g/mol. The zero-order valence-corrected chi connectivity index (χ0v) is 16.4. The van der Waals surface area contributed by atoms with E-state index < -0.39 is 0 Å². The lowest BCUT2D eigenvalue weighted by Gasteiger charge is -2.32. The minimum Gasteiger partial charge on any atom is -0.330 e. The first kappa shape index (κ1) is 17.2. The summed E-state index contributed by atoms with van der Waals surface area (Å²) in [5, 5.41) is 5.09. The van der Waals surface area contributed by atoms with Crippen molar-refractivity contribution in [3.8, 4) is 0 Å². The van der Waals surface area contributed by atoms with Crippen molar-refractivity contribution in [1.82, 2.24) is 19.5 Å². The number of hydrogen-bond donors (Lipinski definition) is 0. The molecule has 3 heterocycles. The summed E-state index contributed by atoms with van der Waals surface area (Å²) < 4.78 is 2.42. The number of hydrogen-bond acceptors (Lipinski definition) is 3. The minimum atomic E-state index is -0.0829. The van der Waals surface area contributed by atoms with E-state index in [2.05, 4.69) is 39.0 Å². The molecule has 0 spiro atoms. The summed E-state index contributed by atoms with van der Waals surface area (Å²) >= 11 is 9.46. The summed E-state index contributed by atoms with van der Waals surface area (Å²) in [5.74, 6) is -0.0829. The van der Waals surface area contributed by atoms with Crippen LogP contribution in [0.3, 0.4) is 0 Å². The van der Waals surface area contributed by atoms with Crippen LogP contribution in [0, 0.1) is 0 Å². The van der Waals surface area contributed by atoms with E-state index >= 15 is 0 Å². The first-order valence-corrected chi connectivity index (χ1v) is 9.45. The van der Waals surface area contributed by atoms with Gasteiger partial charge >= 0.3 is 0 Å². The van der Waals surface area contributed by atoms with Crippen LogP contribution in [0.2, 0.25) is 5.02 Å². The van der Waals surface area contributed by atoms with Crippen molar-refractivity contribution in [2.75, 3.05) is 6.54 Å². The second-order valence-electron chi connectivity index (χ2n) is 6.35. The topological polar surface area (TPSA) is 50.5 Å². The molecule has 5 nitrogen and oxygen atoms in total. The van der Waals surface area contributed by atoms with E-state index in [9.17, 15) is 4.79 Å². The first-order chi connectivity index (χ1) is 12.5. The normalized spacial score (nSPS) is 17.4. The maximum absolute atomic E-state index is 12.9. The average molecular weight is 432 g/mol. The van der Waals surface area contributed by atoms with Gasteiger partial charge in [0, 0.05) is 36.1 Å². The number of amides is 1. The second-order valence-corrected chi connectivity index (χ2v) is 7.71. The summed E-state index contributed by atoms with van der Waals surface area (Å²) in [6.45, 7) is 2.60. The molecular weight excluding hydrogens is 416 g/mol. The predicted octanol–water partition coefficient (Wildman–Crippen LogP) is 4.46. The van der Waals surface area contributed by atoms with Crippen molar-refractivity contribution in [3.63, 3.8) is 0 Å². The highest BCUT2D eigenvalue weighted by Crippen LogP contribution is 2.28. The van der Waals surface area contributed by atoms with Crippen molar-refractivity contribution in [2.45, 2.75) is 19.4 Å². The number of aromatic nitrogens is 3. The molecule has 4 rings (SSSR count). The lowest BCUT2D eigenvalue weighted by atomic mass is 9.94. The largest absolute Gasteiger partial charge is 0.330 e. The molecule has 0 fully saturated rings. The Labute approximate surface area is 164 Å². The number of nitrogens with zero attached hydrogens (tertiary/aromatic N) is 4. The fourth-order valence-electron chi connectivity index (χ4n) is 3.21. The molecule has 0 aliphatic carbocycles. The van der Waals surface area contributed by atoms with Gasteiger partial charge in [0.1, 0.15) is 0 Å². The Bertz CT molecular complexity index is 1030. The Kier molecular flexibility index (Phi) is 4.54. The number of halogens is 2. The fourth-order valence-corrected chi connectivity index (χ4v) is 3.70. The van der Waals surface area contributed by atoms with Crippen LogP contribution in [-0.2, 0) is 0 Å². The van der Waals surface area contributed by atoms with Crippen LogP contribution in [0.15, 0.2) is 53.3 Å². The molecule has 26 heavy (non-hydrogen) atoms. The second kappa shape index (κ2) is 6.85. The Morgan fingerprint density at radius 3 is 2.96 bits per heavy atom. The smallest absolute Gasteiger partial charge is 0.274 e. The van der Waals surface area contributed by atoms with Gasteiger partial charge in [-0.25, -0.2) is 9.50 Å². The molecule has 1 unspecified atom stereocenters. The molecule has 1 atom stereocenters. The molecule has 1 amide bonds. The molecule has 1 aliphatic heterocycles. The van der Waals surface area contributed by atoms with Crippen LogP contribution in [0.1, 0.15) is 29.4 Å². The molecule has 1 aromatic carbocycles. The highest BCUT2D eigenvalue weighted by molar-refractivity contribution is 9.10. The zero-order valence-electron chi connectivity index (χ0n) is 14.1. The van der Waals surface area contributed by atoms with E-state index in [0.29, 0.717) is 17.9 Å². The third kappa shape index (κ3) is 3.27. The van der Waals surface area contributed by atoms with Crippen LogP contribution < -0.4 is 0 Å². The highest BCUT2D eigenvalue weighted by Gasteiger charge is 2.27. The van der Waals surface area contributed by atoms with Crippen LogP contribution in [-0.4, -0.2) is 38.0 Å². The standard InChI is InChI=1S/C19H16BrClN4O/c1-12-7-14(13-3-2-4-16(21)8-13)5-6-24(12)19(26)17-9-18-22-10-15(20)11-25(18)23-17/h2-5,8-12H,6-7H2,1H3. The summed E-state index contributed by atoms with van der Waals surface area (Å²) in [6, 6.07) is 9.62. The SMILES string of the molecule is CC1CC(c2cccc(Cl)c2)=CCN1C(=O)c1cc2ncc(Br)cn2n1. The van der Waals surface area contributed by atoms with Gasteiger partial charge in [0.05, 0.1) is 4.47 Å². The maximum Gasteiger partial charge on any atom is 0.274 e. The molecule has 132 valence electrons. The first-order valence-electron chi connectivity index (χ1n) is 8.28. The number of carbonyl (C=O) groups excluding carboxylic acids is 1. The van der Waals surface area contributed by atoms with Gasteiger partial charge in [-0.05, 0) is 52.5 Å². The number of benzene rings is 1. The van der Waals surface area contributed by atoms with Crippen molar-refractivity contribution < 1.29 is 4.79 Å². The third-order valence-corrected chi connectivity index (χ3v) is 5.18. The van der Waals surface area contributed by atoms with E-state index in [-0.39, 0.29) is 11.9 Å². The van der Waals surface area contributed by atoms with Crippen LogP contribution >= 0.6 is 27.5 Å². The predicted molar refractivity (Wildman–Crippen MR) is 105 cm³/mol. The molecule has 7 heteroatoms. The van der Waals surface area contributed by atoms with Crippen molar-refractivity contribution in [1.29, 1.82) is 0 Å². The Morgan fingerprint density at radius 1 is 1.35 bits per heavy atom. The maximum atomic E-state index is 12.9. The minimum absolute atomic E-state index is 0.0750. The Hall–Kier alpha value is -2.18. The Morgan fingerprint density at radius 2 is 2.19 bits per heavy atom. The number of carbonyl (C=O) groups is 1. The van der Waals surface area contributed by atoms with E-state index in [1.807, 2.05) is 29.2 Å². The molecule has 0 saturated carbocycles. The molecule has 0 bridgehead atoms. The fraction of sp³-hybridized carbons (Fsp3) is 0.211. The van der Waals surface area contributed by atoms with Crippen LogP contribution in [0.5, 0.6) is 0 Å². The van der Waals surface area contributed by atoms with Gasteiger partial charge in [-0.2, -0.15) is 5.10 Å². The number of fused-ring (bicyclic) bond motifs is 1. The van der Waals surface area contributed by atoms with Crippen molar-refractivity contribution in [3.05, 3.63) is 69.6 Å². The van der Waals surface area contributed by atoms with E-state index in [1.54, 1.807) is 23.0 Å². The summed E-state index contributed by atoms with van der Waals surface area (Å²) in [7, 11) is 0.